The maximum Gasteiger partial charge on any atom is 0.272 e. The molecular formula is C30H23Cl2N3O3S. The summed E-state index contributed by atoms with van der Waals surface area (Å²) in [6.45, 7) is 0. The molecule has 4 rings (SSSR count). The molecule has 0 aliphatic carbocycles. The van der Waals surface area contributed by atoms with E-state index in [2.05, 4.69) is 16.0 Å². The molecule has 0 saturated heterocycles. The number of nitrogens with one attached hydrogen (secondary N) is 3. The highest BCUT2D eigenvalue weighted by atomic mass is 35.5. The molecule has 0 aliphatic rings. The van der Waals surface area contributed by atoms with Crippen molar-refractivity contribution in [2.24, 2.45) is 0 Å². The van der Waals surface area contributed by atoms with Crippen LogP contribution in [0.3, 0.4) is 0 Å². The molecule has 0 fully saturated rings. The minimum Gasteiger partial charge on any atom is -0.325 e. The third-order valence-corrected chi connectivity index (χ3v) is 6.76. The summed E-state index contributed by atoms with van der Waals surface area (Å²) >= 11 is 13.4. The first-order chi connectivity index (χ1) is 18.9. The summed E-state index contributed by atoms with van der Waals surface area (Å²) in [5.41, 5.74) is 2.29. The molecule has 4 aromatic carbocycles. The number of anilines is 2. The second-order valence-electron chi connectivity index (χ2n) is 8.26. The summed E-state index contributed by atoms with van der Waals surface area (Å²) in [6, 6.07) is 29.6. The molecule has 0 radical (unpaired) electrons. The molecule has 4 aromatic rings. The lowest BCUT2D eigenvalue weighted by molar-refractivity contribution is -0.114. The lowest BCUT2D eigenvalue weighted by Gasteiger charge is -2.12. The van der Waals surface area contributed by atoms with Crippen LogP contribution in [0.1, 0.15) is 15.9 Å². The van der Waals surface area contributed by atoms with E-state index in [-0.39, 0.29) is 17.4 Å². The topological polar surface area (TPSA) is 87.3 Å². The fourth-order valence-corrected chi connectivity index (χ4v) is 4.54. The van der Waals surface area contributed by atoms with Gasteiger partial charge >= 0.3 is 0 Å². The number of halogens is 2. The van der Waals surface area contributed by atoms with E-state index in [1.807, 2.05) is 0 Å². The monoisotopic (exact) mass is 575 g/mol. The summed E-state index contributed by atoms with van der Waals surface area (Å²) in [7, 11) is 0. The van der Waals surface area contributed by atoms with Gasteiger partial charge in [-0.15, -0.1) is 11.8 Å². The van der Waals surface area contributed by atoms with Gasteiger partial charge in [0.05, 0.1) is 5.75 Å². The van der Waals surface area contributed by atoms with Crippen LogP contribution in [0.25, 0.3) is 6.08 Å². The number of benzene rings is 4. The van der Waals surface area contributed by atoms with Crippen LogP contribution in [0.4, 0.5) is 11.4 Å². The van der Waals surface area contributed by atoms with Crippen molar-refractivity contribution in [1.82, 2.24) is 5.32 Å². The van der Waals surface area contributed by atoms with Crippen LogP contribution in [0, 0.1) is 0 Å². The smallest absolute Gasteiger partial charge is 0.272 e. The summed E-state index contributed by atoms with van der Waals surface area (Å²) in [6.07, 6.45) is 1.56. The average molecular weight is 577 g/mol. The van der Waals surface area contributed by atoms with E-state index in [0.717, 1.165) is 4.90 Å². The van der Waals surface area contributed by atoms with Gasteiger partial charge in [0.25, 0.3) is 11.8 Å². The first-order valence-corrected chi connectivity index (χ1v) is 13.5. The Morgan fingerprint density at radius 1 is 0.718 bits per heavy atom. The fourth-order valence-electron chi connectivity index (χ4n) is 3.45. The summed E-state index contributed by atoms with van der Waals surface area (Å²) in [5.74, 6) is -0.872. The fraction of sp³-hybridized carbons (Fsp3) is 0.0333. The molecule has 0 bridgehead atoms. The molecule has 0 saturated carbocycles. The highest BCUT2D eigenvalue weighted by Gasteiger charge is 2.15. The Bertz CT molecular complexity index is 1510. The van der Waals surface area contributed by atoms with Gasteiger partial charge < -0.3 is 16.0 Å². The Balaban J connectivity index is 1.40. The maximum absolute atomic E-state index is 13.2. The van der Waals surface area contributed by atoms with Gasteiger partial charge in [-0.2, -0.15) is 0 Å². The second kappa shape index (κ2) is 13.7. The molecule has 9 heteroatoms. The second-order valence-corrected chi connectivity index (χ2v) is 10.2. The lowest BCUT2D eigenvalue weighted by Crippen LogP contribution is -2.30. The van der Waals surface area contributed by atoms with Crippen molar-refractivity contribution in [1.29, 1.82) is 0 Å². The van der Waals surface area contributed by atoms with E-state index >= 15 is 0 Å². The normalized spacial score (nSPS) is 11.0. The van der Waals surface area contributed by atoms with Gasteiger partial charge in [-0.05, 0) is 78.4 Å². The van der Waals surface area contributed by atoms with Crippen LogP contribution in [-0.4, -0.2) is 23.5 Å². The molecule has 0 atom stereocenters. The van der Waals surface area contributed by atoms with E-state index in [0.29, 0.717) is 32.5 Å². The molecule has 0 heterocycles. The molecule has 0 aromatic heterocycles. The van der Waals surface area contributed by atoms with Crippen LogP contribution in [0.5, 0.6) is 0 Å². The molecular weight excluding hydrogens is 553 g/mol. The van der Waals surface area contributed by atoms with Gasteiger partial charge in [-0.3, -0.25) is 14.4 Å². The van der Waals surface area contributed by atoms with Gasteiger partial charge in [0, 0.05) is 31.9 Å². The van der Waals surface area contributed by atoms with Crippen molar-refractivity contribution < 1.29 is 14.4 Å². The molecule has 0 unspecified atom stereocenters. The molecule has 0 aliphatic heterocycles. The van der Waals surface area contributed by atoms with Gasteiger partial charge in [0.1, 0.15) is 5.70 Å². The number of hydrogen-bond donors (Lipinski definition) is 3. The minimum atomic E-state index is -0.499. The maximum atomic E-state index is 13.2. The van der Waals surface area contributed by atoms with Crippen molar-refractivity contribution in [2.45, 2.75) is 4.90 Å². The predicted molar refractivity (Wildman–Crippen MR) is 159 cm³/mol. The summed E-state index contributed by atoms with van der Waals surface area (Å²) in [4.78, 5) is 39.1. The zero-order valence-electron chi connectivity index (χ0n) is 20.5. The van der Waals surface area contributed by atoms with Gasteiger partial charge in [0.15, 0.2) is 0 Å². The average Bonchev–Trinajstić information content (AvgIpc) is 2.93. The van der Waals surface area contributed by atoms with Crippen molar-refractivity contribution >= 4 is 70.1 Å². The Labute approximate surface area is 240 Å². The van der Waals surface area contributed by atoms with E-state index in [9.17, 15) is 14.4 Å². The number of carbonyl (C=O) groups excluding carboxylic acids is 3. The zero-order valence-corrected chi connectivity index (χ0v) is 22.8. The first-order valence-electron chi connectivity index (χ1n) is 11.8. The van der Waals surface area contributed by atoms with Crippen LogP contribution in [0.15, 0.2) is 114 Å². The lowest BCUT2D eigenvalue weighted by atomic mass is 10.1. The highest BCUT2D eigenvalue weighted by Crippen LogP contribution is 2.22. The van der Waals surface area contributed by atoms with Gasteiger partial charge in [-0.1, -0.05) is 59.6 Å². The molecule has 196 valence electrons. The minimum absolute atomic E-state index is 0.0576. The molecule has 39 heavy (non-hydrogen) atoms. The predicted octanol–water partition coefficient (Wildman–Crippen LogP) is 7.13. The van der Waals surface area contributed by atoms with E-state index in [1.165, 1.54) is 11.8 Å². The van der Waals surface area contributed by atoms with E-state index in [1.54, 1.807) is 109 Å². The molecule has 3 amide bonds. The van der Waals surface area contributed by atoms with Crippen molar-refractivity contribution in [3.05, 3.63) is 130 Å². The number of hydrogen-bond acceptors (Lipinski definition) is 4. The Morgan fingerprint density at radius 2 is 1.41 bits per heavy atom. The molecule has 3 N–H and O–H groups in total. The zero-order chi connectivity index (χ0) is 27.6. The molecule has 0 spiro atoms. The Morgan fingerprint density at radius 3 is 2.10 bits per heavy atom. The van der Waals surface area contributed by atoms with Crippen LogP contribution >= 0.6 is 35.0 Å². The standard InChI is InChI=1S/C30H23Cl2N3O3S/c31-22-9-4-6-20(16-22)17-27(35-29(37)21-7-2-1-3-8-21)30(38)34-24-12-14-26(15-13-24)39-19-28(36)33-25-11-5-10-23(32)18-25/h1-18H,19H2,(H,33,36)(H,34,38)(H,35,37)/b27-17-. The Hall–Kier alpha value is -4.04. The number of amides is 3. The van der Waals surface area contributed by atoms with Gasteiger partial charge in [0.2, 0.25) is 5.91 Å². The molecule has 6 nitrogen and oxygen atoms in total. The van der Waals surface area contributed by atoms with Gasteiger partial charge in [-0.25, -0.2) is 0 Å². The van der Waals surface area contributed by atoms with Crippen molar-refractivity contribution in [2.75, 3.05) is 16.4 Å². The van der Waals surface area contributed by atoms with Crippen molar-refractivity contribution in [3.8, 4) is 0 Å². The third kappa shape index (κ3) is 8.75. The number of rotatable bonds is 9. The Kier molecular flexibility index (Phi) is 9.80. The number of thioether (sulfide) groups is 1. The SMILES string of the molecule is O=C(CSc1ccc(NC(=O)/C(=C/c2cccc(Cl)c2)NC(=O)c2ccccc2)cc1)Nc1cccc(Cl)c1. The van der Waals surface area contributed by atoms with Crippen LogP contribution in [-0.2, 0) is 9.59 Å². The van der Waals surface area contributed by atoms with Crippen molar-refractivity contribution in [3.63, 3.8) is 0 Å². The quantitative estimate of drug-likeness (QED) is 0.146. The largest absolute Gasteiger partial charge is 0.325 e. The summed E-state index contributed by atoms with van der Waals surface area (Å²) < 4.78 is 0. The summed E-state index contributed by atoms with van der Waals surface area (Å²) in [5, 5.41) is 9.36. The number of carbonyl (C=O) groups is 3. The van der Waals surface area contributed by atoms with E-state index < -0.39 is 11.8 Å². The highest BCUT2D eigenvalue weighted by molar-refractivity contribution is 8.00. The first kappa shape index (κ1) is 28.0. The van der Waals surface area contributed by atoms with E-state index in [4.69, 9.17) is 23.2 Å². The van der Waals surface area contributed by atoms with Crippen LogP contribution < -0.4 is 16.0 Å². The van der Waals surface area contributed by atoms with Crippen LogP contribution in [0.2, 0.25) is 10.0 Å². The third-order valence-electron chi connectivity index (χ3n) is 5.28.